The number of halogens is 2. The van der Waals surface area contributed by atoms with Gasteiger partial charge in [-0.25, -0.2) is 0 Å². The molecule has 0 heterocycles. The van der Waals surface area contributed by atoms with Gasteiger partial charge < -0.3 is 11.1 Å². The minimum Gasteiger partial charge on any atom is -0.366 e. The summed E-state index contributed by atoms with van der Waals surface area (Å²) in [7, 11) is 0. The molecule has 0 fully saturated rings. The van der Waals surface area contributed by atoms with E-state index in [0.29, 0.717) is 16.8 Å². The maximum atomic E-state index is 12.0. The molecule has 0 atom stereocenters. The van der Waals surface area contributed by atoms with Gasteiger partial charge >= 0.3 is 0 Å². The smallest absolute Gasteiger partial charge is 0.257 e. The summed E-state index contributed by atoms with van der Waals surface area (Å²) in [5.74, 6) is -0.809. The van der Waals surface area contributed by atoms with Crippen molar-refractivity contribution in [1.29, 1.82) is 0 Å². The van der Waals surface area contributed by atoms with Crippen LogP contribution in [0.15, 0.2) is 53.0 Å². The van der Waals surface area contributed by atoms with Crippen molar-refractivity contribution in [2.45, 2.75) is 0 Å². The molecule has 2 amide bonds. The number of hydrogen-bond donors (Lipinski definition) is 3. The fourth-order valence-corrected chi connectivity index (χ4v) is 2.13. The van der Waals surface area contributed by atoms with Crippen LogP contribution in [0.2, 0.25) is 0 Å². The second kappa shape index (κ2) is 8.61. The molecule has 23 heavy (non-hydrogen) atoms. The average Bonchev–Trinajstić information content (AvgIpc) is 2.48. The molecule has 0 aliphatic carbocycles. The molecule has 2 aromatic rings. The van der Waals surface area contributed by atoms with E-state index in [1.54, 1.807) is 48.5 Å². The Morgan fingerprint density at radius 1 is 0.957 bits per heavy atom. The maximum absolute atomic E-state index is 12.0. The van der Waals surface area contributed by atoms with E-state index in [2.05, 4.69) is 26.6 Å². The van der Waals surface area contributed by atoms with E-state index in [4.69, 9.17) is 18.0 Å². The third-order valence-electron chi connectivity index (χ3n) is 2.76. The van der Waals surface area contributed by atoms with Crippen LogP contribution in [0.3, 0.4) is 0 Å². The van der Waals surface area contributed by atoms with Crippen LogP contribution in [-0.4, -0.2) is 16.9 Å². The fourth-order valence-electron chi connectivity index (χ4n) is 1.66. The quantitative estimate of drug-likeness (QED) is 0.674. The van der Waals surface area contributed by atoms with E-state index in [1.165, 1.54) is 0 Å². The van der Waals surface area contributed by atoms with Crippen molar-refractivity contribution in [2.24, 2.45) is 5.73 Å². The molecular weight excluding hydrogens is 402 g/mol. The summed E-state index contributed by atoms with van der Waals surface area (Å²) in [6.07, 6.45) is 0. The first-order valence-electron chi connectivity index (χ1n) is 6.23. The standard InChI is InChI=1S/C15H12BrN3O2S.ClH/c16-11-5-1-10(2-6-11)14(21)19-15(22)18-12-7-3-9(4-8-12)13(17)20;/h1-8H,(H2,17,20)(H2,18,19,21,22);1H. The predicted octanol–water partition coefficient (Wildman–Crippen LogP) is 3.10. The molecule has 0 aliphatic heterocycles. The Kier molecular flexibility index (Phi) is 7.15. The van der Waals surface area contributed by atoms with Crippen LogP contribution >= 0.6 is 40.6 Å². The minimum absolute atomic E-state index is 0. The molecule has 0 unspecified atom stereocenters. The number of anilines is 1. The molecule has 5 nitrogen and oxygen atoms in total. The van der Waals surface area contributed by atoms with Gasteiger partial charge in [-0.1, -0.05) is 15.9 Å². The Morgan fingerprint density at radius 2 is 1.48 bits per heavy atom. The molecule has 0 aliphatic rings. The largest absolute Gasteiger partial charge is 0.366 e. The van der Waals surface area contributed by atoms with Gasteiger partial charge in [0.15, 0.2) is 5.11 Å². The SMILES string of the molecule is Cl.NC(=O)c1ccc(NC(=S)NC(=O)c2ccc(Br)cc2)cc1. The highest BCUT2D eigenvalue weighted by Gasteiger charge is 2.08. The van der Waals surface area contributed by atoms with Crippen LogP contribution in [0.1, 0.15) is 20.7 Å². The molecule has 0 spiro atoms. The van der Waals surface area contributed by atoms with Gasteiger partial charge in [0, 0.05) is 21.3 Å². The van der Waals surface area contributed by atoms with Crippen LogP contribution in [0, 0.1) is 0 Å². The summed E-state index contributed by atoms with van der Waals surface area (Å²) in [5.41, 5.74) is 6.70. The lowest BCUT2D eigenvalue weighted by atomic mass is 10.2. The molecule has 0 aromatic heterocycles. The monoisotopic (exact) mass is 413 g/mol. The summed E-state index contributed by atoms with van der Waals surface area (Å²) in [5, 5.41) is 5.60. The lowest BCUT2D eigenvalue weighted by Gasteiger charge is -2.10. The van der Waals surface area contributed by atoms with Crippen molar-refractivity contribution in [3.63, 3.8) is 0 Å². The minimum atomic E-state index is -0.502. The number of carbonyl (C=O) groups excluding carboxylic acids is 2. The third kappa shape index (κ3) is 5.63. The van der Waals surface area contributed by atoms with Crippen molar-refractivity contribution in [3.8, 4) is 0 Å². The summed E-state index contributed by atoms with van der Waals surface area (Å²) in [6, 6.07) is 13.4. The molecule has 4 N–H and O–H groups in total. The highest BCUT2D eigenvalue weighted by Crippen LogP contribution is 2.11. The van der Waals surface area contributed by atoms with Gasteiger partial charge in [0.1, 0.15) is 0 Å². The van der Waals surface area contributed by atoms with Gasteiger partial charge in [-0.15, -0.1) is 12.4 Å². The highest BCUT2D eigenvalue weighted by molar-refractivity contribution is 9.10. The summed E-state index contributed by atoms with van der Waals surface area (Å²) < 4.78 is 0.888. The van der Waals surface area contributed by atoms with Crippen LogP contribution in [-0.2, 0) is 0 Å². The Labute approximate surface area is 153 Å². The lowest BCUT2D eigenvalue weighted by molar-refractivity contribution is 0.0975. The van der Waals surface area contributed by atoms with Crippen molar-refractivity contribution >= 4 is 63.2 Å². The topological polar surface area (TPSA) is 84.2 Å². The second-order valence-corrected chi connectivity index (χ2v) is 5.68. The molecule has 2 aromatic carbocycles. The van der Waals surface area contributed by atoms with Crippen LogP contribution in [0.5, 0.6) is 0 Å². The molecule has 0 radical (unpaired) electrons. The number of carbonyl (C=O) groups is 2. The first kappa shape index (κ1) is 19.1. The van der Waals surface area contributed by atoms with Gasteiger partial charge in [-0.3, -0.25) is 14.9 Å². The highest BCUT2D eigenvalue weighted by atomic mass is 79.9. The van der Waals surface area contributed by atoms with Crippen LogP contribution in [0.25, 0.3) is 0 Å². The Balaban J connectivity index is 0.00000264. The number of rotatable bonds is 3. The molecule has 0 saturated heterocycles. The van der Waals surface area contributed by atoms with Gasteiger partial charge in [0.25, 0.3) is 5.91 Å². The summed E-state index contributed by atoms with van der Waals surface area (Å²) >= 11 is 8.38. The third-order valence-corrected chi connectivity index (χ3v) is 3.49. The van der Waals surface area contributed by atoms with E-state index in [9.17, 15) is 9.59 Å². The molecule has 0 saturated carbocycles. The first-order chi connectivity index (χ1) is 10.5. The van der Waals surface area contributed by atoms with Gasteiger partial charge in [0.05, 0.1) is 0 Å². The summed E-state index contributed by atoms with van der Waals surface area (Å²) in [6.45, 7) is 0. The van der Waals surface area contributed by atoms with Crippen molar-refractivity contribution in [1.82, 2.24) is 5.32 Å². The predicted molar refractivity (Wildman–Crippen MR) is 100 cm³/mol. The number of amides is 2. The van der Waals surface area contributed by atoms with Crippen molar-refractivity contribution < 1.29 is 9.59 Å². The van der Waals surface area contributed by atoms with Crippen LogP contribution < -0.4 is 16.4 Å². The zero-order valence-electron chi connectivity index (χ0n) is 11.7. The molecule has 0 bridgehead atoms. The number of benzene rings is 2. The van der Waals surface area contributed by atoms with E-state index in [1.807, 2.05) is 0 Å². The molecule has 120 valence electrons. The number of thiocarbonyl (C=S) groups is 1. The molecular formula is C15H13BrClN3O2S. The maximum Gasteiger partial charge on any atom is 0.257 e. The number of hydrogen-bond acceptors (Lipinski definition) is 3. The van der Waals surface area contributed by atoms with Crippen molar-refractivity contribution in [3.05, 3.63) is 64.1 Å². The normalized spacial score (nSPS) is 9.43. The van der Waals surface area contributed by atoms with Gasteiger partial charge in [0.2, 0.25) is 5.91 Å². The number of nitrogens with two attached hydrogens (primary N) is 1. The second-order valence-electron chi connectivity index (χ2n) is 4.36. The number of primary amides is 1. The molecule has 8 heteroatoms. The van der Waals surface area contributed by atoms with Gasteiger partial charge in [-0.05, 0) is 60.7 Å². The van der Waals surface area contributed by atoms with Crippen molar-refractivity contribution in [2.75, 3.05) is 5.32 Å². The lowest BCUT2D eigenvalue weighted by Crippen LogP contribution is -2.34. The Bertz CT molecular complexity index is 721. The number of nitrogens with one attached hydrogen (secondary N) is 2. The van der Waals surface area contributed by atoms with Crippen LogP contribution in [0.4, 0.5) is 5.69 Å². The summed E-state index contributed by atoms with van der Waals surface area (Å²) in [4.78, 5) is 23.0. The van der Waals surface area contributed by atoms with E-state index in [-0.39, 0.29) is 23.4 Å². The zero-order valence-corrected chi connectivity index (χ0v) is 14.9. The van der Waals surface area contributed by atoms with Gasteiger partial charge in [-0.2, -0.15) is 0 Å². The van der Waals surface area contributed by atoms with E-state index in [0.717, 1.165) is 4.47 Å². The van der Waals surface area contributed by atoms with E-state index >= 15 is 0 Å². The first-order valence-corrected chi connectivity index (χ1v) is 7.43. The molecule has 2 rings (SSSR count). The zero-order chi connectivity index (χ0) is 16.1. The average molecular weight is 415 g/mol. The Hall–Kier alpha value is -1.96. The Morgan fingerprint density at radius 3 is 2.00 bits per heavy atom. The fraction of sp³-hybridized carbons (Fsp3) is 0. The van der Waals surface area contributed by atoms with E-state index < -0.39 is 5.91 Å².